The van der Waals surface area contributed by atoms with Gasteiger partial charge in [-0.25, -0.2) is 8.42 Å². The minimum atomic E-state index is -3.30. The highest BCUT2D eigenvalue weighted by atomic mass is 79.9. The molecule has 0 heterocycles. The fourth-order valence-corrected chi connectivity index (χ4v) is 2.24. The number of nitrogens with one attached hydrogen (secondary N) is 1. The molecule has 84 valence electrons. The van der Waals surface area contributed by atoms with Crippen LogP contribution in [0.5, 0.6) is 0 Å². The van der Waals surface area contributed by atoms with E-state index in [0.29, 0.717) is 5.69 Å². The van der Waals surface area contributed by atoms with Gasteiger partial charge in [0.15, 0.2) is 0 Å². The molecule has 0 fully saturated rings. The molecule has 1 aromatic rings. The van der Waals surface area contributed by atoms with Crippen molar-refractivity contribution >= 4 is 31.6 Å². The lowest BCUT2D eigenvalue weighted by Gasteiger charge is -2.08. The second-order valence-corrected chi connectivity index (χ2v) is 5.87. The molecule has 1 rings (SSSR count). The standard InChI is InChI=1S/C9H13BrN2O2S/c1-7-6-8(2-3-9(7)10)12-15(13,14)5-4-11/h2-3,6,12H,4-5,11H2,1H3. The van der Waals surface area contributed by atoms with E-state index in [4.69, 9.17) is 5.73 Å². The Morgan fingerprint density at radius 3 is 2.67 bits per heavy atom. The van der Waals surface area contributed by atoms with Gasteiger partial charge in [0, 0.05) is 16.7 Å². The van der Waals surface area contributed by atoms with Gasteiger partial charge in [0.05, 0.1) is 5.75 Å². The number of nitrogens with two attached hydrogens (primary N) is 1. The van der Waals surface area contributed by atoms with Crippen molar-refractivity contribution in [1.82, 2.24) is 0 Å². The van der Waals surface area contributed by atoms with Crippen molar-refractivity contribution in [2.24, 2.45) is 5.73 Å². The lowest BCUT2D eigenvalue weighted by atomic mass is 10.2. The third kappa shape index (κ3) is 3.81. The molecule has 0 unspecified atom stereocenters. The molecule has 0 aliphatic rings. The fourth-order valence-electron chi connectivity index (χ4n) is 1.09. The van der Waals surface area contributed by atoms with Crippen LogP contribution in [0.3, 0.4) is 0 Å². The van der Waals surface area contributed by atoms with E-state index in [1.54, 1.807) is 18.2 Å². The summed E-state index contributed by atoms with van der Waals surface area (Å²) in [5.41, 5.74) is 6.73. The molecule has 15 heavy (non-hydrogen) atoms. The Kier molecular flexibility index (Phi) is 4.12. The first-order valence-corrected chi connectivity index (χ1v) is 6.86. The summed E-state index contributed by atoms with van der Waals surface area (Å²) in [7, 11) is -3.30. The average molecular weight is 293 g/mol. The summed E-state index contributed by atoms with van der Waals surface area (Å²) < 4.78 is 26.2. The number of sulfonamides is 1. The van der Waals surface area contributed by atoms with Crippen molar-refractivity contribution in [3.63, 3.8) is 0 Å². The normalized spacial score (nSPS) is 11.4. The Bertz CT molecular complexity index is 445. The molecule has 0 saturated heterocycles. The van der Waals surface area contributed by atoms with E-state index in [0.717, 1.165) is 10.0 Å². The predicted molar refractivity (Wildman–Crippen MR) is 65.3 cm³/mol. The molecule has 0 spiro atoms. The molecule has 0 amide bonds. The third-order valence-electron chi connectivity index (χ3n) is 1.82. The molecule has 0 saturated carbocycles. The maximum Gasteiger partial charge on any atom is 0.233 e. The van der Waals surface area contributed by atoms with Gasteiger partial charge in [0.25, 0.3) is 0 Å². The van der Waals surface area contributed by atoms with E-state index in [1.807, 2.05) is 6.92 Å². The number of benzene rings is 1. The van der Waals surface area contributed by atoms with Crippen LogP contribution in [0.4, 0.5) is 5.69 Å². The molecule has 1 aromatic carbocycles. The van der Waals surface area contributed by atoms with Crippen LogP contribution < -0.4 is 10.5 Å². The van der Waals surface area contributed by atoms with Gasteiger partial charge in [0.2, 0.25) is 10.0 Å². The maximum absolute atomic E-state index is 11.4. The second-order valence-electron chi connectivity index (χ2n) is 3.17. The number of aryl methyl sites for hydroxylation is 1. The van der Waals surface area contributed by atoms with E-state index < -0.39 is 10.0 Å². The Balaban J connectivity index is 2.86. The molecule has 0 aliphatic heterocycles. The Labute approximate surface area is 98.0 Å². The summed E-state index contributed by atoms with van der Waals surface area (Å²) in [6.45, 7) is 2.01. The fraction of sp³-hybridized carbons (Fsp3) is 0.333. The summed E-state index contributed by atoms with van der Waals surface area (Å²) in [5, 5.41) is 0. The van der Waals surface area contributed by atoms with Gasteiger partial charge in [-0.1, -0.05) is 15.9 Å². The molecular formula is C9H13BrN2O2S. The largest absolute Gasteiger partial charge is 0.329 e. The van der Waals surface area contributed by atoms with Crippen LogP contribution in [0, 0.1) is 6.92 Å². The zero-order valence-corrected chi connectivity index (χ0v) is 10.7. The van der Waals surface area contributed by atoms with Gasteiger partial charge in [-0.05, 0) is 30.7 Å². The van der Waals surface area contributed by atoms with Gasteiger partial charge in [0.1, 0.15) is 0 Å². The van der Waals surface area contributed by atoms with E-state index in [9.17, 15) is 8.42 Å². The van der Waals surface area contributed by atoms with Gasteiger partial charge in [-0.3, -0.25) is 4.72 Å². The highest BCUT2D eigenvalue weighted by molar-refractivity contribution is 9.10. The zero-order chi connectivity index (χ0) is 11.5. The maximum atomic E-state index is 11.4. The van der Waals surface area contributed by atoms with Crippen LogP contribution >= 0.6 is 15.9 Å². The Morgan fingerprint density at radius 1 is 1.47 bits per heavy atom. The minimum Gasteiger partial charge on any atom is -0.329 e. The van der Waals surface area contributed by atoms with Gasteiger partial charge in [-0.15, -0.1) is 0 Å². The van der Waals surface area contributed by atoms with Crippen LogP contribution in [0.15, 0.2) is 22.7 Å². The van der Waals surface area contributed by atoms with Crippen LogP contribution in [-0.2, 0) is 10.0 Å². The Morgan fingerprint density at radius 2 is 2.13 bits per heavy atom. The summed E-state index contributed by atoms with van der Waals surface area (Å²) in [4.78, 5) is 0. The topological polar surface area (TPSA) is 72.2 Å². The minimum absolute atomic E-state index is 0.0673. The summed E-state index contributed by atoms with van der Waals surface area (Å²) in [6.07, 6.45) is 0. The first-order chi connectivity index (χ1) is 6.94. The lowest BCUT2D eigenvalue weighted by molar-refractivity contribution is 0.601. The van der Waals surface area contributed by atoms with Gasteiger partial charge >= 0.3 is 0 Å². The van der Waals surface area contributed by atoms with Crippen molar-refractivity contribution in [2.75, 3.05) is 17.0 Å². The summed E-state index contributed by atoms with van der Waals surface area (Å²) >= 11 is 3.34. The number of hydrogen-bond donors (Lipinski definition) is 2. The van der Waals surface area contributed by atoms with E-state index in [2.05, 4.69) is 20.7 Å². The van der Waals surface area contributed by atoms with E-state index in [-0.39, 0.29) is 12.3 Å². The third-order valence-corrected chi connectivity index (χ3v) is 4.03. The van der Waals surface area contributed by atoms with Crippen LogP contribution in [-0.4, -0.2) is 20.7 Å². The molecule has 4 nitrogen and oxygen atoms in total. The van der Waals surface area contributed by atoms with Gasteiger partial charge in [-0.2, -0.15) is 0 Å². The smallest absolute Gasteiger partial charge is 0.233 e. The first-order valence-electron chi connectivity index (χ1n) is 4.41. The van der Waals surface area contributed by atoms with Crippen LogP contribution in [0.25, 0.3) is 0 Å². The van der Waals surface area contributed by atoms with Crippen molar-refractivity contribution in [3.05, 3.63) is 28.2 Å². The van der Waals surface area contributed by atoms with E-state index >= 15 is 0 Å². The number of rotatable bonds is 4. The SMILES string of the molecule is Cc1cc(NS(=O)(=O)CCN)ccc1Br. The van der Waals surface area contributed by atoms with E-state index in [1.165, 1.54) is 0 Å². The molecule has 0 aromatic heterocycles. The summed E-state index contributed by atoms with van der Waals surface area (Å²) in [5.74, 6) is -0.0673. The number of halogens is 1. The predicted octanol–water partition coefficient (Wildman–Crippen LogP) is 1.46. The molecule has 0 radical (unpaired) electrons. The number of hydrogen-bond acceptors (Lipinski definition) is 3. The van der Waals surface area contributed by atoms with Crippen LogP contribution in [0.2, 0.25) is 0 Å². The van der Waals surface area contributed by atoms with Crippen LogP contribution in [0.1, 0.15) is 5.56 Å². The first kappa shape index (κ1) is 12.5. The second kappa shape index (κ2) is 4.96. The number of anilines is 1. The Hall–Kier alpha value is -0.590. The summed E-state index contributed by atoms with van der Waals surface area (Å²) in [6, 6.07) is 5.26. The molecule has 0 atom stereocenters. The molecule has 0 bridgehead atoms. The molecule has 0 aliphatic carbocycles. The molecular weight excluding hydrogens is 280 g/mol. The molecule has 6 heteroatoms. The van der Waals surface area contributed by atoms with Gasteiger partial charge < -0.3 is 5.73 Å². The van der Waals surface area contributed by atoms with Crippen molar-refractivity contribution in [1.29, 1.82) is 0 Å². The van der Waals surface area contributed by atoms with Crippen molar-refractivity contribution < 1.29 is 8.42 Å². The monoisotopic (exact) mass is 292 g/mol. The lowest BCUT2D eigenvalue weighted by Crippen LogP contribution is -2.22. The zero-order valence-electron chi connectivity index (χ0n) is 8.33. The molecule has 3 N–H and O–H groups in total. The van der Waals surface area contributed by atoms with Crippen molar-refractivity contribution in [2.45, 2.75) is 6.92 Å². The average Bonchev–Trinajstić information content (AvgIpc) is 2.10. The highest BCUT2D eigenvalue weighted by Gasteiger charge is 2.08. The highest BCUT2D eigenvalue weighted by Crippen LogP contribution is 2.20. The quantitative estimate of drug-likeness (QED) is 0.882. The van der Waals surface area contributed by atoms with Crippen molar-refractivity contribution in [3.8, 4) is 0 Å².